The Kier molecular flexibility index (Phi) is 5.88. The first-order valence-electron chi connectivity index (χ1n) is 6.68. The average molecular weight is 408 g/mol. The molecule has 0 aromatic heterocycles. The largest absolute Gasteiger partial charge is 0.545 e. The molecule has 2 rings (SSSR count). The first-order valence-corrected chi connectivity index (χ1v) is 7.88. The van der Waals surface area contributed by atoms with E-state index in [-0.39, 0.29) is 10.7 Å². The summed E-state index contributed by atoms with van der Waals surface area (Å²) in [6.45, 7) is 0. The van der Waals surface area contributed by atoms with Crippen molar-refractivity contribution in [3.8, 4) is 5.75 Å². The highest BCUT2D eigenvalue weighted by Gasteiger charge is 2.11. The lowest BCUT2D eigenvalue weighted by atomic mass is 10.2. The monoisotopic (exact) mass is 407 g/mol. The molecule has 0 aliphatic heterocycles. The van der Waals surface area contributed by atoms with Gasteiger partial charge in [0.15, 0.2) is 5.11 Å². The molecule has 2 aromatic rings. The molecule has 0 saturated carbocycles. The van der Waals surface area contributed by atoms with Gasteiger partial charge in [0.1, 0.15) is 5.75 Å². The Morgan fingerprint density at radius 1 is 1.12 bits per heavy atom. The molecule has 0 radical (unpaired) electrons. The molecular formula is C16H12BrN2O4S-. The van der Waals surface area contributed by atoms with Gasteiger partial charge < -0.3 is 20.0 Å². The van der Waals surface area contributed by atoms with Crippen molar-refractivity contribution in [1.82, 2.24) is 5.32 Å². The number of carboxylic acid groups (broad SMARTS) is 1. The highest BCUT2D eigenvalue weighted by molar-refractivity contribution is 9.10. The molecule has 24 heavy (non-hydrogen) atoms. The molecule has 2 aromatic carbocycles. The van der Waals surface area contributed by atoms with E-state index in [2.05, 4.69) is 26.6 Å². The van der Waals surface area contributed by atoms with Gasteiger partial charge in [0, 0.05) is 10.0 Å². The fraction of sp³-hybridized carbons (Fsp3) is 0.0625. The van der Waals surface area contributed by atoms with E-state index in [1.54, 1.807) is 24.3 Å². The maximum Gasteiger partial charge on any atom is 0.257 e. The Morgan fingerprint density at radius 2 is 1.75 bits per heavy atom. The van der Waals surface area contributed by atoms with Crippen molar-refractivity contribution in [2.45, 2.75) is 0 Å². The van der Waals surface area contributed by atoms with Gasteiger partial charge in [-0.2, -0.15) is 0 Å². The topological polar surface area (TPSA) is 90.5 Å². The number of thiocarbonyl (C=S) groups is 1. The zero-order valence-corrected chi connectivity index (χ0v) is 14.9. The van der Waals surface area contributed by atoms with Crippen molar-refractivity contribution in [3.63, 3.8) is 0 Å². The predicted octanol–water partition coefficient (Wildman–Crippen LogP) is 1.95. The molecule has 0 fully saturated rings. The normalized spacial score (nSPS) is 9.92. The summed E-state index contributed by atoms with van der Waals surface area (Å²) in [5, 5.41) is 16.2. The second-order valence-corrected chi connectivity index (χ2v) is 5.94. The van der Waals surface area contributed by atoms with Crippen molar-refractivity contribution in [3.05, 3.63) is 58.1 Å². The second-order valence-electron chi connectivity index (χ2n) is 4.62. The number of amides is 1. The molecular weight excluding hydrogens is 396 g/mol. The van der Waals surface area contributed by atoms with Gasteiger partial charge in [0.2, 0.25) is 0 Å². The summed E-state index contributed by atoms with van der Waals surface area (Å²) < 4.78 is 5.98. The van der Waals surface area contributed by atoms with Gasteiger partial charge in [0.05, 0.1) is 18.8 Å². The van der Waals surface area contributed by atoms with E-state index in [1.165, 1.54) is 25.3 Å². The third-order valence-electron chi connectivity index (χ3n) is 3.02. The average Bonchev–Trinajstić information content (AvgIpc) is 2.55. The molecule has 0 spiro atoms. The summed E-state index contributed by atoms with van der Waals surface area (Å²) in [6, 6.07) is 10.9. The minimum atomic E-state index is -1.33. The Morgan fingerprint density at radius 3 is 2.33 bits per heavy atom. The van der Waals surface area contributed by atoms with Crippen LogP contribution >= 0.6 is 28.1 Å². The van der Waals surface area contributed by atoms with Gasteiger partial charge in [-0.25, -0.2) is 0 Å². The highest BCUT2D eigenvalue weighted by atomic mass is 79.9. The molecule has 6 nitrogen and oxygen atoms in total. The molecule has 0 atom stereocenters. The molecule has 2 N–H and O–H groups in total. The first kappa shape index (κ1) is 17.9. The number of hydrogen-bond acceptors (Lipinski definition) is 5. The van der Waals surface area contributed by atoms with Gasteiger partial charge in [-0.05, 0) is 60.2 Å². The number of halogens is 1. The number of carbonyl (C=O) groups excluding carboxylic acids is 2. The number of carbonyl (C=O) groups is 2. The lowest BCUT2D eigenvalue weighted by Crippen LogP contribution is -2.34. The van der Waals surface area contributed by atoms with E-state index in [4.69, 9.17) is 17.0 Å². The molecule has 1 amide bonds. The van der Waals surface area contributed by atoms with Gasteiger partial charge in [-0.15, -0.1) is 0 Å². The van der Waals surface area contributed by atoms with Crippen LogP contribution in [0.25, 0.3) is 0 Å². The maximum absolute atomic E-state index is 12.1. The quantitative estimate of drug-likeness (QED) is 0.752. The molecule has 8 heteroatoms. The number of benzene rings is 2. The van der Waals surface area contributed by atoms with E-state index in [0.717, 1.165) is 4.47 Å². The van der Waals surface area contributed by atoms with Gasteiger partial charge in [0.25, 0.3) is 5.91 Å². The first-order chi connectivity index (χ1) is 11.4. The van der Waals surface area contributed by atoms with Gasteiger partial charge in [-0.3, -0.25) is 10.1 Å². The van der Waals surface area contributed by atoms with Crippen LogP contribution in [0, 0.1) is 0 Å². The Hall–Kier alpha value is -2.45. The number of ether oxygens (including phenoxy) is 1. The van der Waals surface area contributed by atoms with Gasteiger partial charge >= 0.3 is 0 Å². The van der Waals surface area contributed by atoms with Crippen LogP contribution in [0.5, 0.6) is 5.75 Å². The summed E-state index contributed by atoms with van der Waals surface area (Å²) in [4.78, 5) is 23.0. The molecule has 0 saturated heterocycles. The third-order valence-corrected chi connectivity index (χ3v) is 3.75. The van der Waals surface area contributed by atoms with E-state index < -0.39 is 11.9 Å². The van der Waals surface area contributed by atoms with Crippen molar-refractivity contribution >= 4 is 50.8 Å². The summed E-state index contributed by atoms with van der Waals surface area (Å²) in [5.41, 5.74) is 0.693. The number of anilines is 1. The number of aromatic carboxylic acids is 1. The van der Waals surface area contributed by atoms with Crippen LogP contribution in [0.15, 0.2) is 46.9 Å². The Labute approximate surface area is 152 Å². The van der Waals surface area contributed by atoms with Crippen molar-refractivity contribution < 1.29 is 19.4 Å². The van der Waals surface area contributed by atoms with Gasteiger partial charge in [-0.1, -0.05) is 15.9 Å². The second kappa shape index (κ2) is 7.89. The van der Waals surface area contributed by atoms with E-state index in [9.17, 15) is 14.7 Å². The molecule has 0 heterocycles. The van der Waals surface area contributed by atoms with Crippen LogP contribution in [-0.2, 0) is 0 Å². The van der Waals surface area contributed by atoms with E-state index in [1.807, 2.05) is 0 Å². The lowest BCUT2D eigenvalue weighted by molar-refractivity contribution is -0.255. The molecule has 0 aliphatic carbocycles. The standard InChI is InChI=1S/C16H13BrN2O4S/c1-23-13-7-4-10(15(21)22)8-12(13)18-16(24)19-14(20)9-2-5-11(17)6-3-9/h2-8H,1H3,(H,21,22)(H2,18,19,20,24)/p-1. The van der Waals surface area contributed by atoms with Crippen LogP contribution in [0.1, 0.15) is 20.7 Å². The Bertz CT molecular complexity index is 793. The van der Waals surface area contributed by atoms with Crippen LogP contribution < -0.4 is 20.5 Å². The minimum absolute atomic E-state index is 0.0108. The zero-order chi connectivity index (χ0) is 17.7. The fourth-order valence-corrected chi connectivity index (χ4v) is 2.33. The number of carboxylic acids is 1. The van der Waals surface area contributed by atoms with Crippen molar-refractivity contribution in [1.29, 1.82) is 0 Å². The number of nitrogens with one attached hydrogen (secondary N) is 2. The third kappa shape index (κ3) is 4.53. The summed E-state index contributed by atoms with van der Waals surface area (Å²) in [6.07, 6.45) is 0. The minimum Gasteiger partial charge on any atom is -0.545 e. The van der Waals surface area contributed by atoms with E-state index in [0.29, 0.717) is 17.0 Å². The van der Waals surface area contributed by atoms with Crippen molar-refractivity contribution in [2.24, 2.45) is 0 Å². The smallest absolute Gasteiger partial charge is 0.257 e. The fourth-order valence-electron chi connectivity index (χ4n) is 1.86. The van der Waals surface area contributed by atoms with Crippen LogP contribution in [0.4, 0.5) is 5.69 Å². The number of hydrogen-bond donors (Lipinski definition) is 2. The highest BCUT2D eigenvalue weighted by Crippen LogP contribution is 2.25. The number of methoxy groups -OCH3 is 1. The maximum atomic E-state index is 12.1. The SMILES string of the molecule is COc1ccc(C(=O)[O-])cc1NC(=S)NC(=O)c1ccc(Br)cc1. The zero-order valence-electron chi connectivity index (χ0n) is 12.5. The van der Waals surface area contributed by atoms with Crippen LogP contribution in [0.3, 0.4) is 0 Å². The number of rotatable bonds is 4. The van der Waals surface area contributed by atoms with Crippen molar-refractivity contribution in [2.75, 3.05) is 12.4 Å². The summed E-state index contributed by atoms with van der Waals surface area (Å²) in [5.74, 6) is -1.35. The molecule has 0 unspecified atom stereocenters. The van der Waals surface area contributed by atoms with Crippen LogP contribution in [-0.4, -0.2) is 24.1 Å². The molecule has 0 bridgehead atoms. The van der Waals surface area contributed by atoms with Crippen LogP contribution in [0.2, 0.25) is 0 Å². The predicted molar refractivity (Wildman–Crippen MR) is 95.2 cm³/mol. The summed E-state index contributed by atoms with van der Waals surface area (Å²) in [7, 11) is 1.43. The molecule has 124 valence electrons. The Balaban J connectivity index is 2.11. The van der Waals surface area contributed by atoms with E-state index >= 15 is 0 Å². The lowest BCUT2D eigenvalue weighted by Gasteiger charge is -2.14. The molecule has 0 aliphatic rings. The summed E-state index contributed by atoms with van der Waals surface area (Å²) >= 11 is 8.37.